The molecule has 0 radical (unpaired) electrons. The van der Waals surface area contributed by atoms with Crippen molar-refractivity contribution in [2.75, 3.05) is 60.8 Å². The fraction of sp³-hybridized carbons (Fsp3) is 0.974. The number of carbonyl (C=O) groups excluding carboxylic acids is 2. The zero-order valence-electron chi connectivity index (χ0n) is 61.3. The lowest BCUT2D eigenvalue weighted by Crippen LogP contribution is -2.44. The van der Waals surface area contributed by atoms with Crippen molar-refractivity contribution in [2.24, 2.45) is 11.5 Å². The lowest BCUT2D eigenvalue weighted by atomic mass is 10.1. The van der Waals surface area contributed by atoms with Crippen LogP contribution in [0.1, 0.15) is 415 Å². The Balaban J connectivity index is -0.00000135. The van der Waals surface area contributed by atoms with Gasteiger partial charge in [-0.15, -0.1) is 0 Å². The van der Waals surface area contributed by atoms with E-state index in [0.29, 0.717) is 0 Å². The average Bonchev–Trinajstić information content (AvgIpc) is 3.71. The van der Waals surface area contributed by atoms with Gasteiger partial charge in [-0.3, -0.25) is 0 Å². The molecule has 0 aromatic heterocycles. The van der Waals surface area contributed by atoms with E-state index in [1.807, 2.05) is 0 Å². The summed E-state index contributed by atoms with van der Waals surface area (Å²) in [5.74, 6) is -2.37. The molecular formula is C78H162N2O4P2S2. The van der Waals surface area contributed by atoms with Gasteiger partial charge < -0.3 is 31.3 Å². The van der Waals surface area contributed by atoms with Gasteiger partial charge in [-0.25, -0.2) is 0 Å². The first-order valence-corrected chi connectivity index (χ1v) is 47.4. The minimum absolute atomic E-state index is 0.146. The largest absolute Gasteiger partial charge is 0.548 e. The van der Waals surface area contributed by atoms with Gasteiger partial charge in [-0.2, -0.15) is 0 Å². The first-order valence-electron chi connectivity index (χ1n) is 39.8. The van der Waals surface area contributed by atoms with Gasteiger partial charge in [-0.1, -0.05) is 334 Å². The van der Waals surface area contributed by atoms with Crippen molar-refractivity contribution in [3.05, 3.63) is 0 Å². The monoisotopic (exact) mass is 1320 g/mol. The van der Waals surface area contributed by atoms with Gasteiger partial charge >= 0.3 is 0 Å². The Bertz CT molecular complexity index is 1100. The summed E-state index contributed by atoms with van der Waals surface area (Å²) in [4.78, 5) is 20.3. The predicted octanol–water partition coefficient (Wildman–Crippen LogP) is 24.5. The van der Waals surface area contributed by atoms with Gasteiger partial charge in [0, 0.05) is 26.0 Å². The molecule has 10 heteroatoms. The molecule has 2 atom stereocenters. The molecule has 0 aromatic carbocycles. The van der Waals surface area contributed by atoms with Gasteiger partial charge in [0.05, 0.1) is 73.3 Å². The highest BCUT2D eigenvalue weighted by atomic mass is 33.1. The van der Waals surface area contributed by atoms with E-state index >= 15 is 0 Å². The van der Waals surface area contributed by atoms with Crippen LogP contribution in [0.4, 0.5) is 0 Å². The van der Waals surface area contributed by atoms with E-state index in [2.05, 4.69) is 55.4 Å². The average molecular weight is 1320 g/mol. The number of aliphatic carboxylic acids is 2. The normalized spacial score (nSPS) is 12.4. The highest BCUT2D eigenvalue weighted by Gasteiger charge is 2.36. The zero-order valence-corrected chi connectivity index (χ0v) is 64.7. The van der Waals surface area contributed by atoms with Gasteiger partial charge in [0.2, 0.25) is 0 Å². The Hall–Kier alpha value is 0.420. The van der Waals surface area contributed by atoms with Crippen LogP contribution in [0.2, 0.25) is 0 Å². The molecule has 530 valence electrons. The molecule has 0 heterocycles. The van der Waals surface area contributed by atoms with Gasteiger partial charge in [0.1, 0.15) is 0 Å². The number of carbonyl (C=O) groups is 2. The van der Waals surface area contributed by atoms with Gasteiger partial charge in [0.15, 0.2) is 0 Å². The molecule has 4 N–H and O–H groups in total. The molecule has 0 aliphatic rings. The number of hydrogen-bond acceptors (Lipinski definition) is 8. The maximum atomic E-state index is 10.1. The minimum atomic E-state index is -1.33. The fourth-order valence-electron chi connectivity index (χ4n) is 13.0. The molecule has 0 aromatic rings. The molecule has 6 nitrogen and oxygen atoms in total. The second-order valence-electron chi connectivity index (χ2n) is 27.9. The summed E-state index contributed by atoms with van der Waals surface area (Å²) in [5.41, 5.74) is 10.3. The molecule has 0 amide bonds. The van der Waals surface area contributed by atoms with Crippen LogP contribution in [0.5, 0.6) is 0 Å². The molecule has 0 saturated carbocycles. The third-order valence-corrected chi connectivity index (χ3v) is 31.7. The van der Waals surface area contributed by atoms with E-state index in [1.54, 1.807) is 101 Å². The lowest BCUT2D eigenvalue weighted by molar-refractivity contribution is -0.308. The third kappa shape index (κ3) is 69.3. The van der Waals surface area contributed by atoms with E-state index in [9.17, 15) is 19.8 Å². The van der Waals surface area contributed by atoms with Crippen molar-refractivity contribution in [3.8, 4) is 0 Å². The fourth-order valence-corrected chi connectivity index (χ4v) is 25.0. The number of carboxylic acids is 2. The maximum Gasteiger partial charge on any atom is 0.0594 e. The second-order valence-corrected chi connectivity index (χ2v) is 39.4. The second kappa shape index (κ2) is 76.4. The van der Waals surface area contributed by atoms with Crippen LogP contribution in [-0.2, 0) is 9.59 Å². The first-order chi connectivity index (χ1) is 42.9. The summed E-state index contributed by atoms with van der Waals surface area (Å²) >= 11 is 0. The minimum Gasteiger partial charge on any atom is -0.548 e. The van der Waals surface area contributed by atoms with Crippen LogP contribution in [0, 0.1) is 0 Å². The van der Waals surface area contributed by atoms with E-state index < -0.39 is 38.5 Å². The van der Waals surface area contributed by atoms with Crippen LogP contribution < -0.4 is 21.7 Å². The van der Waals surface area contributed by atoms with E-state index in [0.717, 1.165) is 21.6 Å². The lowest BCUT2D eigenvalue weighted by Gasteiger charge is -2.28. The Morgan fingerprint density at radius 3 is 0.466 bits per heavy atom. The summed E-state index contributed by atoms with van der Waals surface area (Å²) in [5, 5.41) is 20.3. The van der Waals surface area contributed by atoms with Crippen molar-refractivity contribution in [2.45, 2.75) is 427 Å². The number of hydrogen-bond donors (Lipinski definition) is 2. The summed E-state index contributed by atoms with van der Waals surface area (Å²) < 4.78 is 0. The Labute approximate surface area is 563 Å². The quantitative estimate of drug-likeness (QED) is 0.0350. The highest BCUT2D eigenvalue weighted by molar-refractivity contribution is 8.76. The van der Waals surface area contributed by atoms with Crippen molar-refractivity contribution in [3.63, 3.8) is 0 Å². The number of rotatable bonds is 71. The first kappa shape index (κ1) is 92.6. The Morgan fingerprint density at radius 2 is 0.352 bits per heavy atom. The summed E-state index contributed by atoms with van der Waals surface area (Å²) in [6.45, 7) is 18.7. The van der Waals surface area contributed by atoms with Crippen molar-refractivity contribution >= 4 is 48.1 Å². The molecule has 0 aliphatic heterocycles. The molecule has 0 aliphatic carbocycles. The predicted molar refractivity (Wildman–Crippen MR) is 408 cm³/mol. The molecule has 0 rings (SSSR count). The molecular weight excluding hydrogens is 1150 g/mol. The summed E-state index contributed by atoms with van der Waals surface area (Å²) in [6.07, 6.45) is 96.3. The summed E-state index contributed by atoms with van der Waals surface area (Å²) in [6, 6.07) is -2.10. The number of unbranched alkanes of at least 4 members (excludes halogenated alkanes) is 48. The molecule has 0 fully saturated rings. The SMILES string of the molecule is CCCCCCCCC[P+](CCCCCCCCC)(CCCCCCCCC)CCCCCCCCC.CCCCCCCCC[P+](CCCCCCCCC)(CCCCCCCCC)CCCCCCCCC.N[C@@H](CSSC[C@H](N)C(=O)[O-])C(=O)[O-]. The standard InChI is InChI=1S/2C36H76P.C6H12N2O4S2/c2*1-5-9-13-17-21-25-29-33-37(34-30-26-22-18-14-10-6-2,35-31-27-23-19-15-11-7-3)36-32-28-24-20-16-12-8-4;7-3(5(9)10)1-13-14-2-4(8)6(11)12/h2*5-36H2,1-4H3;3-4H,1-2,7-8H2,(H,9,10)(H,11,12)/q2*+1;/p-2/t;;3-,4-/m..0/s1. The number of carboxylic acid groups (broad SMARTS) is 2. The molecule has 0 unspecified atom stereocenters. The van der Waals surface area contributed by atoms with Crippen LogP contribution in [0.3, 0.4) is 0 Å². The molecule has 0 bridgehead atoms. The van der Waals surface area contributed by atoms with E-state index in [4.69, 9.17) is 11.5 Å². The Kier molecular flexibility index (Phi) is 80.4. The van der Waals surface area contributed by atoms with Gasteiger partial charge in [-0.05, 0) is 103 Å². The van der Waals surface area contributed by atoms with Crippen LogP contribution >= 0.6 is 36.1 Å². The van der Waals surface area contributed by atoms with Crippen LogP contribution in [0.15, 0.2) is 0 Å². The smallest absolute Gasteiger partial charge is 0.0594 e. The highest BCUT2D eigenvalue weighted by Crippen LogP contribution is 2.62. The molecule has 0 spiro atoms. The van der Waals surface area contributed by atoms with E-state index in [-0.39, 0.29) is 11.5 Å². The molecule has 0 saturated heterocycles. The Morgan fingerprint density at radius 1 is 0.239 bits per heavy atom. The van der Waals surface area contributed by atoms with Crippen LogP contribution in [0.25, 0.3) is 0 Å². The third-order valence-electron chi connectivity index (χ3n) is 19.1. The van der Waals surface area contributed by atoms with Crippen LogP contribution in [-0.4, -0.2) is 84.8 Å². The summed E-state index contributed by atoms with van der Waals surface area (Å²) in [7, 11) is 0.787. The zero-order chi connectivity index (χ0) is 65.4. The molecule has 88 heavy (non-hydrogen) atoms. The maximum absolute atomic E-state index is 10.1. The number of nitrogens with two attached hydrogens (primary N) is 2. The van der Waals surface area contributed by atoms with E-state index in [1.165, 1.54) is 308 Å². The topological polar surface area (TPSA) is 132 Å². The van der Waals surface area contributed by atoms with Crippen molar-refractivity contribution in [1.82, 2.24) is 0 Å². The van der Waals surface area contributed by atoms with Gasteiger partial charge in [0.25, 0.3) is 0 Å². The van der Waals surface area contributed by atoms with Crippen molar-refractivity contribution < 1.29 is 19.8 Å². The van der Waals surface area contributed by atoms with Crippen molar-refractivity contribution in [1.29, 1.82) is 0 Å².